The molecule has 19 heavy (non-hydrogen) atoms. The van der Waals surface area contributed by atoms with Crippen LogP contribution < -0.4 is 10.6 Å². The minimum absolute atomic E-state index is 0.170. The van der Waals surface area contributed by atoms with Gasteiger partial charge in [0.05, 0.1) is 6.54 Å². The number of anilines is 1. The molecular weight excluding hydrogens is 256 g/mol. The Morgan fingerprint density at radius 3 is 2.63 bits per heavy atom. The van der Waals surface area contributed by atoms with E-state index in [2.05, 4.69) is 29.7 Å². The Bertz CT molecular complexity index is 505. The molecule has 2 N–H and O–H groups in total. The number of benzene rings is 1. The number of hydrogen-bond acceptors (Lipinski definition) is 2. The lowest BCUT2D eigenvalue weighted by atomic mass is 10.1. The lowest BCUT2D eigenvalue weighted by Gasteiger charge is -2.07. The molecule has 4 heteroatoms. The molecule has 1 aromatic heterocycles. The van der Waals surface area contributed by atoms with Crippen molar-refractivity contribution in [1.29, 1.82) is 0 Å². The summed E-state index contributed by atoms with van der Waals surface area (Å²) in [5.41, 5.74) is 2.12. The Kier molecular flexibility index (Phi) is 4.98. The lowest BCUT2D eigenvalue weighted by molar-refractivity contribution is 0.252. The quantitative estimate of drug-likeness (QED) is 0.849. The van der Waals surface area contributed by atoms with Gasteiger partial charge in [-0.25, -0.2) is 4.79 Å². The average Bonchev–Trinajstić information content (AvgIpc) is 2.92. The Morgan fingerprint density at radius 2 is 2.00 bits per heavy atom. The van der Waals surface area contributed by atoms with E-state index >= 15 is 0 Å². The maximum absolute atomic E-state index is 11.7. The van der Waals surface area contributed by atoms with Crippen LogP contribution in [0.15, 0.2) is 41.8 Å². The number of amides is 2. The minimum atomic E-state index is -0.170. The molecule has 0 unspecified atom stereocenters. The van der Waals surface area contributed by atoms with Crippen LogP contribution in [0.3, 0.4) is 0 Å². The summed E-state index contributed by atoms with van der Waals surface area (Å²) in [6.45, 7) is 2.72. The molecule has 0 aliphatic rings. The zero-order chi connectivity index (χ0) is 13.5. The first-order chi connectivity index (χ1) is 9.28. The second kappa shape index (κ2) is 6.95. The molecular formula is C15H18N2OS. The normalized spacial score (nSPS) is 10.2. The van der Waals surface area contributed by atoms with E-state index in [1.807, 2.05) is 29.6 Å². The highest BCUT2D eigenvalue weighted by atomic mass is 32.1. The largest absolute Gasteiger partial charge is 0.333 e. The van der Waals surface area contributed by atoms with Gasteiger partial charge in [-0.05, 0) is 35.6 Å². The standard InChI is InChI=1S/C15H18N2OS/c1-2-4-12-6-8-13(9-7-12)17-15(18)16-11-14-5-3-10-19-14/h3,5-10H,2,4,11H2,1H3,(H2,16,17,18). The van der Waals surface area contributed by atoms with E-state index in [1.54, 1.807) is 11.3 Å². The first kappa shape index (κ1) is 13.6. The number of carbonyl (C=O) groups excluding carboxylic acids is 1. The van der Waals surface area contributed by atoms with Crippen LogP contribution in [0.4, 0.5) is 10.5 Å². The van der Waals surface area contributed by atoms with Crippen LogP contribution in [0.5, 0.6) is 0 Å². The summed E-state index contributed by atoms with van der Waals surface area (Å²) in [6.07, 6.45) is 2.21. The summed E-state index contributed by atoms with van der Waals surface area (Å²) in [5.74, 6) is 0. The molecule has 0 fully saturated rings. The van der Waals surface area contributed by atoms with Crippen molar-refractivity contribution in [3.05, 3.63) is 52.2 Å². The first-order valence-electron chi connectivity index (χ1n) is 6.44. The average molecular weight is 274 g/mol. The molecule has 0 aliphatic carbocycles. The zero-order valence-electron chi connectivity index (χ0n) is 11.0. The van der Waals surface area contributed by atoms with E-state index in [0.29, 0.717) is 6.54 Å². The van der Waals surface area contributed by atoms with Crippen LogP contribution in [-0.2, 0) is 13.0 Å². The summed E-state index contributed by atoms with van der Waals surface area (Å²) >= 11 is 1.64. The van der Waals surface area contributed by atoms with Crippen molar-refractivity contribution >= 4 is 23.1 Å². The fourth-order valence-corrected chi connectivity index (χ4v) is 2.44. The van der Waals surface area contributed by atoms with Crippen LogP contribution in [0.2, 0.25) is 0 Å². The second-order valence-corrected chi connectivity index (χ2v) is 5.37. The molecule has 1 aromatic carbocycles. The molecule has 0 bridgehead atoms. The number of urea groups is 1. The van der Waals surface area contributed by atoms with Crippen molar-refractivity contribution in [2.24, 2.45) is 0 Å². The molecule has 3 nitrogen and oxygen atoms in total. The van der Waals surface area contributed by atoms with Gasteiger partial charge in [-0.15, -0.1) is 11.3 Å². The van der Waals surface area contributed by atoms with E-state index in [-0.39, 0.29) is 6.03 Å². The molecule has 2 rings (SSSR count). The van der Waals surface area contributed by atoms with E-state index < -0.39 is 0 Å². The second-order valence-electron chi connectivity index (χ2n) is 4.33. The van der Waals surface area contributed by atoms with Crippen LogP contribution in [-0.4, -0.2) is 6.03 Å². The van der Waals surface area contributed by atoms with Gasteiger partial charge >= 0.3 is 6.03 Å². The number of thiophene rings is 1. The van der Waals surface area contributed by atoms with Gasteiger partial charge in [0.2, 0.25) is 0 Å². The summed E-state index contributed by atoms with van der Waals surface area (Å²) in [4.78, 5) is 12.8. The van der Waals surface area contributed by atoms with Crippen LogP contribution in [0, 0.1) is 0 Å². The molecule has 0 radical (unpaired) electrons. The van der Waals surface area contributed by atoms with Gasteiger partial charge in [-0.1, -0.05) is 31.5 Å². The van der Waals surface area contributed by atoms with Crippen LogP contribution in [0.25, 0.3) is 0 Å². The van der Waals surface area contributed by atoms with Gasteiger partial charge in [0, 0.05) is 10.6 Å². The molecule has 0 aliphatic heterocycles. The predicted molar refractivity (Wildman–Crippen MR) is 80.6 cm³/mol. The third-order valence-electron chi connectivity index (χ3n) is 2.75. The molecule has 2 amide bonds. The molecule has 0 spiro atoms. The van der Waals surface area contributed by atoms with Crippen LogP contribution >= 0.6 is 11.3 Å². The summed E-state index contributed by atoms with van der Waals surface area (Å²) < 4.78 is 0. The third kappa shape index (κ3) is 4.41. The van der Waals surface area contributed by atoms with Crippen LogP contribution in [0.1, 0.15) is 23.8 Å². The number of nitrogens with one attached hydrogen (secondary N) is 2. The van der Waals surface area contributed by atoms with Gasteiger partial charge in [0.25, 0.3) is 0 Å². The predicted octanol–water partition coefficient (Wildman–Crippen LogP) is 4.02. The van der Waals surface area contributed by atoms with Crippen molar-refractivity contribution in [1.82, 2.24) is 5.32 Å². The van der Waals surface area contributed by atoms with E-state index in [0.717, 1.165) is 23.4 Å². The molecule has 100 valence electrons. The van der Waals surface area contributed by atoms with Gasteiger partial charge in [-0.3, -0.25) is 0 Å². The molecule has 2 aromatic rings. The molecule has 0 atom stereocenters. The highest BCUT2D eigenvalue weighted by Crippen LogP contribution is 2.11. The van der Waals surface area contributed by atoms with Gasteiger partial charge in [0.15, 0.2) is 0 Å². The summed E-state index contributed by atoms with van der Waals surface area (Å²) in [5, 5.41) is 7.66. The third-order valence-corrected chi connectivity index (χ3v) is 3.63. The fourth-order valence-electron chi connectivity index (χ4n) is 1.80. The van der Waals surface area contributed by atoms with Gasteiger partial charge in [0.1, 0.15) is 0 Å². The maximum Gasteiger partial charge on any atom is 0.319 e. The lowest BCUT2D eigenvalue weighted by Crippen LogP contribution is -2.27. The highest BCUT2D eigenvalue weighted by Gasteiger charge is 2.02. The zero-order valence-corrected chi connectivity index (χ0v) is 11.8. The van der Waals surface area contributed by atoms with E-state index in [1.165, 1.54) is 5.56 Å². The summed E-state index contributed by atoms with van der Waals surface area (Å²) in [7, 11) is 0. The molecule has 1 heterocycles. The van der Waals surface area contributed by atoms with Crippen molar-refractivity contribution in [2.45, 2.75) is 26.3 Å². The maximum atomic E-state index is 11.7. The van der Waals surface area contributed by atoms with Crippen molar-refractivity contribution in [3.8, 4) is 0 Å². The fraction of sp³-hybridized carbons (Fsp3) is 0.267. The van der Waals surface area contributed by atoms with Crippen molar-refractivity contribution < 1.29 is 4.79 Å². The van der Waals surface area contributed by atoms with Gasteiger partial charge in [-0.2, -0.15) is 0 Å². The number of carbonyl (C=O) groups is 1. The van der Waals surface area contributed by atoms with E-state index in [4.69, 9.17) is 0 Å². The topological polar surface area (TPSA) is 41.1 Å². The highest BCUT2D eigenvalue weighted by molar-refractivity contribution is 7.09. The first-order valence-corrected chi connectivity index (χ1v) is 7.32. The smallest absolute Gasteiger partial charge is 0.319 e. The Morgan fingerprint density at radius 1 is 1.21 bits per heavy atom. The minimum Gasteiger partial charge on any atom is -0.333 e. The van der Waals surface area contributed by atoms with Crippen molar-refractivity contribution in [3.63, 3.8) is 0 Å². The molecule has 0 saturated heterocycles. The SMILES string of the molecule is CCCc1ccc(NC(=O)NCc2cccs2)cc1. The number of hydrogen-bond donors (Lipinski definition) is 2. The number of rotatable bonds is 5. The Balaban J connectivity index is 1.81. The number of aryl methyl sites for hydroxylation is 1. The summed E-state index contributed by atoms with van der Waals surface area (Å²) in [6, 6.07) is 11.8. The van der Waals surface area contributed by atoms with Crippen molar-refractivity contribution in [2.75, 3.05) is 5.32 Å². The monoisotopic (exact) mass is 274 g/mol. The Hall–Kier alpha value is -1.81. The Labute approximate surface area is 117 Å². The van der Waals surface area contributed by atoms with E-state index in [9.17, 15) is 4.79 Å². The molecule has 0 saturated carbocycles. The van der Waals surface area contributed by atoms with Gasteiger partial charge < -0.3 is 10.6 Å².